The highest BCUT2D eigenvalue weighted by atomic mass is 32.2. The molecule has 1 aliphatic rings. The number of aliphatic hydroxyl groups excluding tert-OH is 1. The largest absolute Gasteiger partial charge is 0.391 e. The first-order valence-corrected chi connectivity index (χ1v) is 9.39. The molecule has 1 saturated heterocycles. The molecular weight excluding hydrogens is 292 g/mol. The first kappa shape index (κ1) is 18.2. The lowest BCUT2D eigenvalue weighted by atomic mass is 10.3. The van der Waals surface area contributed by atoms with Crippen LogP contribution in [0.5, 0.6) is 0 Å². The van der Waals surface area contributed by atoms with Crippen molar-refractivity contribution in [3.05, 3.63) is 0 Å². The first-order chi connectivity index (χ1) is 9.88. The molecule has 1 aliphatic heterocycles. The van der Waals surface area contributed by atoms with Crippen LogP contribution in [0.3, 0.4) is 0 Å². The van der Waals surface area contributed by atoms with Crippen LogP contribution in [0, 0.1) is 0 Å². The van der Waals surface area contributed by atoms with E-state index in [1.54, 1.807) is 0 Å². The van der Waals surface area contributed by atoms with Crippen molar-refractivity contribution in [1.82, 2.24) is 14.5 Å². The molecule has 8 heteroatoms. The second-order valence-corrected chi connectivity index (χ2v) is 7.21. The first-order valence-electron chi connectivity index (χ1n) is 7.54. The van der Waals surface area contributed by atoms with Gasteiger partial charge in [-0.05, 0) is 19.8 Å². The van der Waals surface area contributed by atoms with Gasteiger partial charge in [-0.15, -0.1) is 0 Å². The molecule has 0 spiro atoms. The summed E-state index contributed by atoms with van der Waals surface area (Å²) in [6, 6.07) is 0. The van der Waals surface area contributed by atoms with E-state index >= 15 is 0 Å². The van der Waals surface area contributed by atoms with Crippen LogP contribution in [-0.2, 0) is 10.0 Å². The second kappa shape index (κ2) is 8.55. The predicted octanol–water partition coefficient (Wildman–Crippen LogP) is -0.310. The van der Waals surface area contributed by atoms with Crippen LogP contribution >= 0.6 is 0 Å². The third-order valence-corrected chi connectivity index (χ3v) is 4.83. The van der Waals surface area contributed by atoms with Crippen LogP contribution in [0.4, 0.5) is 0 Å². The Bertz CT molecular complexity index is 439. The van der Waals surface area contributed by atoms with Crippen molar-refractivity contribution < 1.29 is 13.5 Å². The van der Waals surface area contributed by atoms with Gasteiger partial charge in [-0.2, -0.15) is 0 Å². The molecule has 0 saturated carbocycles. The summed E-state index contributed by atoms with van der Waals surface area (Å²) in [5.41, 5.74) is 0. The maximum atomic E-state index is 11.5. The molecule has 0 aliphatic carbocycles. The number of rotatable bonds is 7. The lowest BCUT2D eigenvalue weighted by Crippen LogP contribution is -2.40. The quantitative estimate of drug-likeness (QED) is 0.382. The molecule has 2 N–H and O–H groups in total. The van der Waals surface area contributed by atoms with Gasteiger partial charge in [0.1, 0.15) is 0 Å². The number of nitrogens with one attached hydrogen (secondary N) is 1. The smallest absolute Gasteiger partial charge is 0.211 e. The topological polar surface area (TPSA) is 85.2 Å². The Hall–Kier alpha value is -0.860. The van der Waals surface area contributed by atoms with E-state index in [-0.39, 0.29) is 6.10 Å². The average molecular weight is 320 g/mol. The highest BCUT2D eigenvalue weighted by Crippen LogP contribution is 2.09. The van der Waals surface area contributed by atoms with Crippen molar-refractivity contribution in [3.8, 4) is 0 Å². The van der Waals surface area contributed by atoms with E-state index in [1.807, 2.05) is 18.7 Å². The summed E-state index contributed by atoms with van der Waals surface area (Å²) in [4.78, 5) is 6.56. The van der Waals surface area contributed by atoms with Gasteiger partial charge in [-0.3, -0.25) is 4.99 Å². The SMILES string of the molecule is CCNC(=NCCCN(CC)S(C)(=O)=O)N1CC[C@@H](O)C1. The minimum atomic E-state index is -3.12. The summed E-state index contributed by atoms with van der Waals surface area (Å²) in [6.45, 7) is 7.57. The van der Waals surface area contributed by atoms with Gasteiger partial charge in [0, 0.05) is 39.3 Å². The third-order valence-electron chi connectivity index (χ3n) is 3.45. The molecule has 0 aromatic carbocycles. The number of sulfonamides is 1. The Balaban J connectivity index is 2.48. The number of hydrogen-bond donors (Lipinski definition) is 2. The second-order valence-electron chi connectivity index (χ2n) is 5.23. The molecule has 0 bridgehead atoms. The van der Waals surface area contributed by atoms with Crippen LogP contribution < -0.4 is 5.32 Å². The van der Waals surface area contributed by atoms with Crippen molar-refractivity contribution >= 4 is 16.0 Å². The molecule has 0 amide bonds. The fourth-order valence-electron chi connectivity index (χ4n) is 2.35. The van der Waals surface area contributed by atoms with Crippen LogP contribution in [0.25, 0.3) is 0 Å². The lowest BCUT2D eigenvalue weighted by molar-refractivity contribution is 0.188. The average Bonchev–Trinajstić information content (AvgIpc) is 2.82. The summed E-state index contributed by atoms with van der Waals surface area (Å²) in [7, 11) is -3.12. The molecule has 1 heterocycles. The Morgan fingerprint density at radius 3 is 2.67 bits per heavy atom. The molecule has 7 nitrogen and oxygen atoms in total. The number of β-amino-alcohol motifs (C(OH)–C–C–N with tert-alkyl or cyclic N) is 1. The standard InChI is InChI=1S/C13H28N4O3S/c1-4-14-13(16-10-7-12(18)11-16)15-8-6-9-17(5-2)21(3,19)20/h12,18H,4-11H2,1-3H3,(H,14,15)/t12-/m1/s1. The van der Waals surface area contributed by atoms with Gasteiger partial charge < -0.3 is 15.3 Å². The normalized spacial score (nSPS) is 20.3. The van der Waals surface area contributed by atoms with E-state index in [9.17, 15) is 13.5 Å². The zero-order valence-electron chi connectivity index (χ0n) is 13.2. The van der Waals surface area contributed by atoms with Crippen LogP contribution in [0.1, 0.15) is 26.7 Å². The lowest BCUT2D eigenvalue weighted by Gasteiger charge is -2.21. The van der Waals surface area contributed by atoms with E-state index in [2.05, 4.69) is 10.3 Å². The number of aliphatic imine (C=N–C) groups is 1. The number of aliphatic hydroxyl groups is 1. The van der Waals surface area contributed by atoms with Gasteiger partial charge >= 0.3 is 0 Å². The monoisotopic (exact) mass is 320 g/mol. The van der Waals surface area contributed by atoms with Crippen molar-refractivity contribution in [3.63, 3.8) is 0 Å². The molecule has 1 fully saturated rings. The zero-order chi connectivity index (χ0) is 15.9. The molecule has 21 heavy (non-hydrogen) atoms. The Labute approximate surface area is 128 Å². The molecular formula is C13H28N4O3S. The third kappa shape index (κ3) is 6.19. The van der Waals surface area contributed by atoms with E-state index in [0.717, 1.165) is 25.5 Å². The minimum Gasteiger partial charge on any atom is -0.391 e. The summed E-state index contributed by atoms with van der Waals surface area (Å²) in [6.07, 6.45) is 2.40. The molecule has 0 aromatic heterocycles. The maximum absolute atomic E-state index is 11.5. The molecule has 0 aromatic rings. The Morgan fingerprint density at radius 2 is 2.19 bits per heavy atom. The highest BCUT2D eigenvalue weighted by molar-refractivity contribution is 7.88. The molecule has 124 valence electrons. The van der Waals surface area contributed by atoms with E-state index < -0.39 is 10.0 Å². The predicted molar refractivity (Wildman–Crippen MR) is 84.9 cm³/mol. The number of likely N-dealkylation sites (tertiary alicyclic amines) is 1. The van der Waals surface area contributed by atoms with E-state index in [0.29, 0.717) is 32.6 Å². The van der Waals surface area contributed by atoms with Crippen LogP contribution in [0.15, 0.2) is 4.99 Å². The fourth-order valence-corrected chi connectivity index (χ4v) is 3.28. The van der Waals surface area contributed by atoms with Crippen molar-refractivity contribution in [2.24, 2.45) is 4.99 Å². The van der Waals surface area contributed by atoms with Crippen LogP contribution in [0.2, 0.25) is 0 Å². The van der Waals surface area contributed by atoms with Gasteiger partial charge in [0.2, 0.25) is 10.0 Å². The maximum Gasteiger partial charge on any atom is 0.211 e. The van der Waals surface area contributed by atoms with E-state index in [4.69, 9.17) is 0 Å². The number of guanidine groups is 1. The highest BCUT2D eigenvalue weighted by Gasteiger charge is 2.22. The van der Waals surface area contributed by atoms with Crippen molar-refractivity contribution in [2.75, 3.05) is 45.5 Å². The number of hydrogen-bond acceptors (Lipinski definition) is 4. The minimum absolute atomic E-state index is 0.283. The number of nitrogens with zero attached hydrogens (tertiary/aromatic N) is 3. The van der Waals surface area contributed by atoms with Crippen LogP contribution in [-0.4, -0.2) is 80.3 Å². The molecule has 1 rings (SSSR count). The summed E-state index contributed by atoms with van der Waals surface area (Å²) < 4.78 is 24.4. The molecule has 1 atom stereocenters. The summed E-state index contributed by atoms with van der Waals surface area (Å²) in [5.74, 6) is 0.802. The fraction of sp³-hybridized carbons (Fsp3) is 0.923. The Morgan fingerprint density at radius 1 is 1.48 bits per heavy atom. The van der Waals surface area contributed by atoms with Gasteiger partial charge in [0.25, 0.3) is 0 Å². The summed E-state index contributed by atoms with van der Waals surface area (Å²) >= 11 is 0. The van der Waals surface area contributed by atoms with Gasteiger partial charge in [0.15, 0.2) is 5.96 Å². The molecule has 0 unspecified atom stereocenters. The van der Waals surface area contributed by atoms with Crippen molar-refractivity contribution in [2.45, 2.75) is 32.8 Å². The van der Waals surface area contributed by atoms with E-state index in [1.165, 1.54) is 10.6 Å². The summed E-state index contributed by atoms with van der Waals surface area (Å²) in [5, 5.41) is 12.8. The molecule has 0 radical (unpaired) electrons. The zero-order valence-corrected chi connectivity index (χ0v) is 14.1. The Kier molecular flexibility index (Phi) is 7.41. The van der Waals surface area contributed by atoms with Gasteiger partial charge in [0.05, 0.1) is 12.4 Å². The van der Waals surface area contributed by atoms with Gasteiger partial charge in [-0.1, -0.05) is 6.92 Å². The van der Waals surface area contributed by atoms with Gasteiger partial charge in [-0.25, -0.2) is 12.7 Å². The van der Waals surface area contributed by atoms with Crippen molar-refractivity contribution in [1.29, 1.82) is 0 Å².